The number of amides is 1. The zero-order valence-electron chi connectivity index (χ0n) is 11.8. The van der Waals surface area contributed by atoms with E-state index in [0.29, 0.717) is 19.7 Å². The lowest BCUT2D eigenvalue weighted by Crippen LogP contribution is -2.43. The fraction of sp³-hybridized carbons (Fsp3) is 0.750. The van der Waals surface area contributed by atoms with Crippen LogP contribution in [0.3, 0.4) is 0 Å². The number of hydrogen-bond acceptors (Lipinski definition) is 5. The standard InChI is InChI=1S/C12H23N5O2/c1-4-6-17-11(15-9-16-17)8-14-10(2)12(18)13-5-7-19-3/h9-10,14H,4-8H2,1-3H3,(H,13,18). The number of rotatable bonds is 9. The Morgan fingerprint density at radius 1 is 1.58 bits per heavy atom. The van der Waals surface area contributed by atoms with Gasteiger partial charge in [-0.3, -0.25) is 10.1 Å². The molecule has 0 fully saturated rings. The van der Waals surface area contributed by atoms with Gasteiger partial charge < -0.3 is 10.1 Å². The minimum Gasteiger partial charge on any atom is -0.383 e. The highest BCUT2D eigenvalue weighted by Gasteiger charge is 2.12. The zero-order chi connectivity index (χ0) is 14.1. The van der Waals surface area contributed by atoms with E-state index in [2.05, 4.69) is 27.6 Å². The number of ether oxygens (including phenoxy) is 1. The van der Waals surface area contributed by atoms with Crippen LogP contribution in [0.1, 0.15) is 26.1 Å². The van der Waals surface area contributed by atoms with Gasteiger partial charge in [-0.1, -0.05) is 6.92 Å². The molecule has 1 aromatic rings. The van der Waals surface area contributed by atoms with Gasteiger partial charge in [-0.25, -0.2) is 9.67 Å². The molecular formula is C12H23N5O2. The largest absolute Gasteiger partial charge is 0.383 e. The van der Waals surface area contributed by atoms with Crippen molar-refractivity contribution in [1.82, 2.24) is 25.4 Å². The van der Waals surface area contributed by atoms with Crippen molar-refractivity contribution in [3.8, 4) is 0 Å². The molecule has 0 saturated carbocycles. The number of nitrogens with zero attached hydrogens (tertiary/aromatic N) is 3. The van der Waals surface area contributed by atoms with E-state index in [9.17, 15) is 4.79 Å². The molecule has 0 bridgehead atoms. The van der Waals surface area contributed by atoms with Gasteiger partial charge in [0.2, 0.25) is 5.91 Å². The second kappa shape index (κ2) is 8.60. The first-order valence-electron chi connectivity index (χ1n) is 6.55. The van der Waals surface area contributed by atoms with Gasteiger partial charge in [0.1, 0.15) is 12.2 Å². The Bertz CT molecular complexity index is 380. The third-order valence-corrected chi connectivity index (χ3v) is 2.70. The number of methoxy groups -OCH3 is 1. The van der Waals surface area contributed by atoms with E-state index in [1.807, 2.05) is 11.6 Å². The lowest BCUT2D eigenvalue weighted by molar-refractivity contribution is -0.123. The molecule has 1 rings (SSSR count). The molecule has 0 spiro atoms. The van der Waals surface area contributed by atoms with Gasteiger partial charge in [0.25, 0.3) is 0 Å². The topological polar surface area (TPSA) is 81.1 Å². The van der Waals surface area contributed by atoms with Crippen LogP contribution < -0.4 is 10.6 Å². The maximum absolute atomic E-state index is 11.7. The average Bonchev–Trinajstić information content (AvgIpc) is 2.84. The summed E-state index contributed by atoms with van der Waals surface area (Å²) in [6.07, 6.45) is 2.54. The molecule has 108 valence electrons. The van der Waals surface area contributed by atoms with Crippen LogP contribution in [0.5, 0.6) is 0 Å². The molecule has 2 N–H and O–H groups in total. The molecular weight excluding hydrogens is 246 g/mol. The number of aromatic nitrogens is 3. The van der Waals surface area contributed by atoms with Crippen molar-refractivity contribution >= 4 is 5.91 Å². The highest BCUT2D eigenvalue weighted by atomic mass is 16.5. The molecule has 19 heavy (non-hydrogen) atoms. The lowest BCUT2D eigenvalue weighted by atomic mass is 10.3. The smallest absolute Gasteiger partial charge is 0.236 e. The highest BCUT2D eigenvalue weighted by molar-refractivity contribution is 5.81. The summed E-state index contributed by atoms with van der Waals surface area (Å²) in [4.78, 5) is 15.9. The summed E-state index contributed by atoms with van der Waals surface area (Å²) in [6.45, 7) is 6.31. The Morgan fingerprint density at radius 3 is 3.05 bits per heavy atom. The minimum absolute atomic E-state index is 0.0430. The molecule has 1 atom stereocenters. The van der Waals surface area contributed by atoms with Crippen molar-refractivity contribution in [2.45, 2.75) is 39.4 Å². The number of aryl methyl sites for hydroxylation is 1. The lowest BCUT2D eigenvalue weighted by Gasteiger charge is -2.13. The maximum atomic E-state index is 11.7. The van der Waals surface area contributed by atoms with Crippen molar-refractivity contribution in [3.05, 3.63) is 12.2 Å². The summed E-state index contributed by atoms with van der Waals surface area (Å²) in [7, 11) is 1.61. The first-order valence-corrected chi connectivity index (χ1v) is 6.55. The molecule has 0 aromatic carbocycles. The maximum Gasteiger partial charge on any atom is 0.236 e. The second-order valence-electron chi connectivity index (χ2n) is 4.29. The van der Waals surface area contributed by atoms with Crippen molar-refractivity contribution in [2.75, 3.05) is 20.3 Å². The van der Waals surface area contributed by atoms with Gasteiger partial charge in [-0.2, -0.15) is 5.10 Å². The fourth-order valence-electron chi connectivity index (χ4n) is 1.59. The van der Waals surface area contributed by atoms with E-state index in [-0.39, 0.29) is 11.9 Å². The minimum atomic E-state index is -0.274. The van der Waals surface area contributed by atoms with Crippen molar-refractivity contribution < 1.29 is 9.53 Å². The van der Waals surface area contributed by atoms with Gasteiger partial charge in [-0.15, -0.1) is 0 Å². The summed E-state index contributed by atoms with van der Waals surface area (Å²) in [6, 6.07) is -0.274. The third-order valence-electron chi connectivity index (χ3n) is 2.70. The van der Waals surface area contributed by atoms with Gasteiger partial charge >= 0.3 is 0 Å². The van der Waals surface area contributed by atoms with Crippen molar-refractivity contribution in [3.63, 3.8) is 0 Å². The number of carbonyl (C=O) groups is 1. The Hall–Kier alpha value is -1.47. The normalized spacial score (nSPS) is 12.4. The summed E-state index contributed by atoms with van der Waals surface area (Å²) < 4.78 is 6.73. The molecule has 1 unspecified atom stereocenters. The Labute approximate surface area is 113 Å². The molecule has 0 saturated heterocycles. The van der Waals surface area contributed by atoms with Crippen LogP contribution in [0.4, 0.5) is 0 Å². The number of hydrogen-bond donors (Lipinski definition) is 2. The van der Waals surface area contributed by atoms with Crippen LogP contribution in [0.2, 0.25) is 0 Å². The second-order valence-corrected chi connectivity index (χ2v) is 4.29. The third kappa shape index (κ3) is 5.35. The van der Waals surface area contributed by atoms with Gasteiger partial charge in [0, 0.05) is 20.2 Å². The SMILES string of the molecule is CCCn1ncnc1CNC(C)C(=O)NCCOC. The molecule has 0 aliphatic carbocycles. The van der Waals surface area contributed by atoms with Crippen molar-refractivity contribution in [1.29, 1.82) is 0 Å². The highest BCUT2D eigenvalue weighted by Crippen LogP contribution is 1.96. The summed E-state index contributed by atoms with van der Waals surface area (Å²) in [5.41, 5.74) is 0. The molecule has 7 heteroatoms. The van der Waals surface area contributed by atoms with Crippen molar-refractivity contribution in [2.24, 2.45) is 0 Å². The van der Waals surface area contributed by atoms with Crippen LogP contribution in [0, 0.1) is 0 Å². The van der Waals surface area contributed by atoms with Crippen LogP contribution in [-0.4, -0.2) is 47.0 Å². The Morgan fingerprint density at radius 2 is 2.37 bits per heavy atom. The number of nitrogens with one attached hydrogen (secondary N) is 2. The predicted molar refractivity (Wildman–Crippen MR) is 71.5 cm³/mol. The molecule has 7 nitrogen and oxygen atoms in total. The van der Waals surface area contributed by atoms with E-state index in [0.717, 1.165) is 18.8 Å². The van der Waals surface area contributed by atoms with Crippen LogP contribution >= 0.6 is 0 Å². The summed E-state index contributed by atoms with van der Waals surface area (Å²) >= 11 is 0. The fourth-order valence-corrected chi connectivity index (χ4v) is 1.59. The predicted octanol–water partition coefficient (Wildman–Crippen LogP) is -0.0712. The molecule has 1 heterocycles. The van der Waals surface area contributed by atoms with E-state index in [1.165, 1.54) is 6.33 Å². The molecule has 1 amide bonds. The molecule has 1 aromatic heterocycles. The van der Waals surface area contributed by atoms with E-state index >= 15 is 0 Å². The zero-order valence-corrected chi connectivity index (χ0v) is 11.8. The van der Waals surface area contributed by atoms with E-state index < -0.39 is 0 Å². The molecule has 0 aliphatic heterocycles. The van der Waals surface area contributed by atoms with Crippen LogP contribution in [-0.2, 0) is 22.6 Å². The average molecular weight is 269 g/mol. The number of carbonyl (C=O) groups excluding carboxylic acids is 1. The Kier molecular flexibility index (Phi) is 7.06. The van der Waals surface area contributed by atoms with E-state index in [1.54, 1.807) is 7.11 Å². The van der Waals surface area contributed by atoms with Gasteiger partial charge in [0.15, 0.2) is 0 Å². The van der Waals surface area contributed by atoms with Gasteiger partial charge in [-0.05, 0) is 13.3 Å². The Balaban J connectivity index is 2.34. The first kappa shape index (κ1) is 15.6. The van der Waals surface area contributed by atoms with Gasteiger partial charge in [0.05, 0.1) is 19.2 Å². The summed E-state index contributed by atoms with van der Waals surface area (Å²) in [5.74, 6) is 0.803. The summed E-state index contributed by atoms with van der Waals surface area (Å²) in [5, 5.41) is 10.1. The van der Waals surface area contributed by atoms with Crippen LogP contribution in [0.25, 0.3) is 0 Å². The first-order chi connectivity index (χ1) is 9.19. The van der Waals surface area contributed by atoms with E-state index in [4.69, 9.17) is 4.74 Å². The molecule has 0 radical (unpaired) electrons. The monoisotopic (exact) mass is 269 g/mol. The van der Waals surface area contributed by atoms with Crippen LogP contribution in [0.15, 0.2) is 6.33 Å². The molecule has 0 aliphatic rings. The quantitative estimate of drug-likeness (QED) is 0.613.